The van der Waals surface area contributed by atoms with Crippen LogP contribution in [0.2, 0.25) is 5.02 Å². The zero-order valence-electron chi connectivity index (χ0n) is 21.2. The van der Waals surface area contributed by atoms with Gasteiger partial charge in [0.15, 0.2) is 5.82 Å². The van der Waals surface area contributed by atoms with Crippen LogP contribution in [0.3, 0.4) is 0 Å². The highest BCUT2D eigenvalue weighted by Crippen LogP contribution is 2.35. The number of nitrogens with zero attached hydrogens (tertiary/aromatic N) is 4. The second kappa shape index (κ2) is 12.5. The Morgan fingerprint density at radius 2 is 2.03 bits per heavy atom. The van der Waals surface area contributed by atoms with E-state index in [4.69, 9.17) is 32.2 Å². The maximum absolute atomic E-state index is 6.23. The minimum Gasteiger partial charge on any atom is -0.388 e. The van der Waals surface area contributed by atoms with E-state index in [0.717, 1.165) is 53.1 Å². The average Bonchev–Trinajstić information content (AvgIpc) is 3.19. The Hall–Kier alpha value is -3.16. The van der Waals surface area contributed by atoms with Crippen molar-refractivity contribution < 1.29 is 4.74 Å². The number of rotatable bonds is 9. The Bertz CT molecular complexity index is 1180. The Morgan fingerprint density at radius 3 is 2.69 bits per heavy atom. The zero-order chi connectivity index (χ0) is 25.4. The molecular formula is C27H35ClN6O. The zero-order valence-corrected chi connectivity index (χ0v) is 22.0. The number of allylic oxidation sites excluding steroid dienone is 3. The van der Waals surface area contributed by atoms with Crippen molar-refractivity contribution in [2.75, 3.05) is 20.3 Å². The van der Waals surface area contributed by atoms with Gasteiger partial charge in [-0.15, -0.1) is 0 Å². The Labute approximate surface area is 213 Å². The first-order chi connectivity index (χ1) is 16.9. The van der Waals surface area contributed by atoms with Gasteiger partial charge in [-0.3, -0.25) is 4.68 Å². The lowest BCUT2D eigenvalue weighted by molar-refractivity contribution is 0.203. The third-order valence-corrected chi connectivity index (χ3v) is 6.20. The summed E-state index contributed by atoms with van der Waals surface area (Å²) in [5.74, 6) is 1.00. The summed E-state index contributed by atoms with van der Waals surface area (Å²) in [7, 11) is 3.64. The molecule has 0 saturated carbocycles. The van der Waals surface area contributed by atoms with Gasteiger partial charge in [0.1, 0.15) is 5.84 Å². The second-order valence-corrected chi connectivity index (χ2v) is 8.79. The van der Waals surface area contributed by atoms with Gasteiger partial charge in [-0.2, -0.15) is 5.10 Å². The molecule has 0 bridgehead atoms. The number of aliphatic imine (C=N–C) groups is 2. The Balaban J connectivity index is 2.11. The van der Waals surface area contributed by atoms with Crippen molar-refractivity contribution >= 4 is 23.1 Å². The van der Waals surface area contributed by atoms with E-state index < -0.39 is 0 Å². The molecule has 3 rings (SSSR count). The quantitative estimate of drug-likeness (QED) is 0.286. The molecule has 0 unspecified atom stereocenters. The maximum atomic E-state index is 6.23. The number of aryl methyl sites for hydroxylation is 2. The van der Waals surface area contributed by atoms with E-state index in [1.54, 1.807) is 19.4 Å². The largest absolute Gasteiger partial charge is 0.388 e. The average molecular weight is 495 g/mol. The molecule has 0 radical (unpaired) electrons. The van der Waals surface area contributed by atoms with Crippen molar-refractivity contribution in [1.82, 2.24) is 15.1 Å². The van der Waals surface area contributed by atoms with Crippen LogP contribution in [-0.4, -0.2) is 41.6 Å². The number of nitrogens with two attached hydrogens (primary N) is 1. The number of aromatic nitrogens is 2. The van der Waals surface area contributed by atoms with Gasteiger partial charge in [-0.25, -0.2) is 9.98 Å². The van der Waals surface area contributed by atoms with Crippen LogP contribution in [0.25, 0.3) is 11.3 Å². The van der Waals surface area contributed by atoms with Crippen molar-refractivity contribution in [3.63, 3.8) is 0 Å². The molecule has 7 nitrogen and oxygen atoms in total. The number of halogens is 1. The van der Waals surface area contributed by atoms with Crippen LogP contribution >= 0.6 is 11.6 Å². The molecule has 1 aliphatic rings. The summed E-state index contributed by atoms with van der Waals surface area (Å²) in [6.45, 7) is 7.50. The van der Waals surface area contributed by atoms with E-state index in [2.05, 4.69) is 30.2 Å². The van der Waals surface area contributed by atoms with Crippen LogP contribution in [-0.2, 0) is 18.2 Å². The van der Waals surface area contributed by atoms with Gasteiger partial charge in [0.2, 0.25) is 0 Å². The first kappa shape index (κ1) is 26.4. The van der Waals surface area contributed by atoms with Crippen LogP contribution in [0.5, 0.6) is 0 Å². The standard InChI is InChI=1S/C27H35ClN6O/c1-6-18(3)27(31-23(29)14-15-30-16-17-35-5)32-25-19(7-2)10-13-22-24(25)26(34(4)33-22)20-8-11-21(28)12-9-20/h7-9,11-12,14-15,30H,6,10,13,16-17H2,1-5H3,(H2,29,31)/b15-14-,19-7-,27-18+,32-25-. The van der Waals surface area contributed by atoms with E-state index in [9.17, 15) is 0 Å². The molecule has 0 fully saturated rings. The summed E-state index contributed by atoms with van der Waals surface area (Å²) in [6, 6.07) is 7.84. The fourth-order valence-corrected chi connectivity index (χ4v) is 4.04. The second-order valence-electron chi connectivity index (χ2n) is 8.35. The van der Waals surface area contributed by atoms with Gasteiger partial charge >= 0.3 is 0 Å². The van der Waals surface area contributed by atoms with Gasteiger partial charge in [0, 0.05) is 43.1 Å². The summed E-state index contributed by atoms with van der Waals surface area (Å²) in [5.41, 5.74) is 13.5. The first-order valence-electron chi connectivity index (χ1n) is 11.9. The number of hydrogen-bond donors (Lipinski definition) is 2. The van der Waals surface area contributed by atoms with Crippen molar-refractivity contribution in [1.29, 1.82) is 0 Å². The lowest BCUT2D eigenvalue weighted by Gasteiger charge is -2.19. The number of ether oxygens (including phenoxy) is 1. The monoisotopic (exact) mass is 494 g/mol. The summed E-state index contributed by atoms with van der Waals surface area (Å²) in [4.78, 5) is 9.80. The number of amidine groups is 1. The van der Waals surface area contributed by atoms with Crippen LogP contribution in [0.4, 0.5) is 0 Å². The van der Waals surface area contributed by atoms with E-state index in [1.807, 2.05) is 42.9 Å². The number of hydrogen-bond acceptors (Lipinski definition) is 5. The third kappa shape index (κ3) is 6.50. The summed E-state index contributed by atoms with van der Waals surface area (Å²) >= 11 is 6.16. The Morgan fingerprint density at radius 1 is 1.29 bits per heavy atom. The van der Waals surface area contributed by atoms with Crippen LogP contribution in [0.15, 0.2) is 69.6 Å². The number of fused-ring (bicyclic) bond motifs is 1. The molecule has 2 aromatic rings. The number of nitrogens with one attached hydrogen (secondary N) is 1. The Kier molecular flexibility index (Phi) is 9.46. The van der Waals surface area contributed by atoms with Crippen LogP contribution < -0.4 is 11.1 Å². The van der Waals surface area contributed by atoms with E-state index in [-0.39, 0.29) is 0 Å². The lowest BCUT2D eigenvalue weighted by atomic mass is 9.87. The van der Waals surface area contributed by atoms with Crippen molar-refractivity contribution in [3.8, 4) is 11.3 Å². The topological polar surface area (TPSA) is 89.8 Å². The molecule has 0 spiro atoms. The minimum absolute atomic E-state index is 0.379. The molecule has 35 heavy (non-hydrogen) atoms. The summed E-state index contributed by atoms with van der Waals surface area (Å²) in [5, 5.41) is 8.67. The lowest BCUT2D eigenvalue weighted by Crippen LogP contribution is -2.17. The number of benzene rings is 1. The highest BCUT2D eigenvalue weighted by atomic mass is 35.5. The van der Waals surface area contributed by atoms with E-state index in [0.29, 0.717) is 29.8 Å². The highest BCUT2D eigenvalue weighted by Gasteiger charge is 2.28. The van der Waals surface area contributed by atoms with Gasteiger partial charge in [-0.05, 0) is 62.5 Å². The molecule has 186 valence electrons. The number of methoxy groups -OCH3 is 1. The highest BCUT2D eigenvalue weighted by molar-refractivity contribution is 6.30. The molecule has 0 saturated heterocycles. The van der Waals surface area contributed by atoms with E-state index in [1.165, 1.54) is 5.57 Å². The summed E-state index contributed by atoms with van der Waals surface area (Å²) in [6.07, 6.45) is 8.20. The molecule has 0 amide bonds. The minimum atomic E-state index is 0.379. The van der Waals surface area contributed by atoms with Gasteiger partial charge in [0.25, 0.3) is 0 Å². The molecule has 0 atom stereocenters. The molecule has 1 heterocycles. The molecule has 1 aromatic heterocycles. The van der Waals surface area contributed by atoms with Crippen molar-refractivity contribution in [2.45, 2.75) is 40.0 Å². The van der Waals surface area contributed by atoms with Crippen molar-refractivity contribution in [2.24, 2.45) is 22.8 Å². The van der Waals surface area contributed by atoms with Gasteiger partial charge in [0.05, 0.1) is 23.7 Å². The normalized spacial score (nSPS) is 17.3. The van der Waals surface area contributed by atoms with E-state index >= 15 is 0 Å². The molecular weight excluding hydrogens is 460 g/mol. The summed E-state index contributed by atoms with van der Waals surface area (Å²) < 4.78 is 6.98. The first-order valence-corrected chi connectivity index (χ1v) is 12.3. The predicted octanol–water partition coefficient (Wildman–Crippen LogP) is 5.17. The van der Waals surface area contributed by atoms with Crippen LogP contribution in [0.1, 0.15) is 44.9 Å². The van der Waals surface area contributed by atoms with Gasteiger partial charge in [-0.1, -0.05) is 36.7 Å². The molecule has 1 aliphatic carbocycles. The molecule has 1 aromatic carbocycles. The van der Waals surface area contributed by atoms with Crippen molar-refractivity contribution in [3.05, 3.63) is 75.9 Å². The van der Waals surface area contributed by atoms with Gasteiger partial charge < -0.3 is 15.8 Å². The third-order valence-electron chi connectivity index (χ3n) is 5.95. The smallest absolute Gasteiger partial charge is 0.153 e. The molecule has 3 N–H and O–H groups in total. The fraction of sp³-hybridized carbons (Fsp3) is 0.370. The maximum Gasteiger partial charge on any atom is 0.153 e. The molecule has 8 heteroatoms. The SMILES string of the molecule is C/C=C1/CCc2nn(C)c(-c3ccc(Cl)cc3)c2/C1=N\C(\N=C(N)/C=C\NCCOC)=C(/C)CC. The molecule has 0 aliphatic heterocycles. The van der Waals surface area contributed by atoms with Crippen LogP contribution in [0, 0.1) is 0 Å². The predicted molar refractivity (Wildman–Crippen MR) is 146 cm³/mol. The fourth-order valence-electron chi connectivity index (χ4n) is 3.91.